The van der Waals surface area contributed by atoms with Crippen molar-refractivity contribution >= 4 is 11.7 Å². The van der Waals surface area contributed by atoms with E-state index in [9.17, 15) is 4.79 Å². The van der Waals surface area contributed by atoms with Crippen molar-refractivity contribution in [3.8, 4) is 0 Å². The van der Waals surface area contributed by atoms with Crippen molar-refractivity contribution in [2.45, 2.75) is 13.8 Å². The zero-order chi connectivity index (χ0) is 9.68. The molecule has 0 fully saturated rings. The van der Waals surface area contributed by atoms with Crippen LogP contribution in [-0.4, -0.2) is 24.8 Å². The maximum Gasteiger partial charge on any atom is 0.356 e. The van der Waals surface area contributed by atoms with Crippen LogP contribution in [0.1, 0.15) is 13.8 Å². The van der Waals surface area contributed by atoms with Gasteiger partial charge in [-0.25, -0.2) is 4.79 Å². The summed E-state index contributed by atoms with van der Waals surface area (Å²) in [4.78, 5) is 15.4. The summed E-state index contributed by atoms with van der Waals surface area (Å²) in [6.07, 6.45) is 5.41. The molecule has 1 heterocycles. The third-order valence-electron chi connectivity index (χ3n) is 1.48. The Kier molecular flexibility index (Phi) is 3.43. The summed E-state index contributed by atoms with van der Waals surface area (Å²) in [5.41, 5.74) is 1.45. The Morgan fingerprint density at radius 1 is 1.54 bits per heavy atom. The molecule has 0 aromatic heterocycles. The van der Waals surface area contributed by atoms with Crippen LogP contribution in [0, 0.1) is 0 Å². The first-order chi connectivity index (χ1) is 6.20. The molecule has 0 aromatic rings. The van der Waals surface area contributed by atoms with Crippen molar-refractivity contribution in [3.63, 3.8) is 0 Å². The van der Waals surface area contributed by atoms with E-state index >= 15 is 0 Å². The van der Waals surface area contributed by atoms with Crippen LogP contribution in [-0.2, 0) is 9.53 Å². The summed E-state index contributed by atoms with van der Waals surface area (Å²) < 4.78 is 4.90. The van der Waals surface area contributed by atoms with E-state index in [0.717, 1.165) is 5.57 Å². The van der Waals surface area contributed by atoms with Crippen molar-refractivity contribution in [1.82, 2.24) is 0 Å². The van der Waals surface area contributed by atoms with E-state index < -0.39 is 0 Å². The number of allylic oxidation sites excluding steroid dienone is 1. The van der Waals surface area contributed by atoms with Gasteiger partial charge in [0.05, 0.1) is 6.54 Å². The normalized spacial score (nSPS) is 19.2. The van der Waals surface area contributed by atoms with Crippen molar-refractivity contribution in [2.24, 2.45) is 4.99 Å². The van der Waals surface area contributed by atoms with E-state index in [1.54, 1.807) is 12.2 Å². The average Bonchev–Trinajstić information content (AvgIpc) is 2.04. The van der Waals surface area contributed by atoms with Crippen LogP contribution in [0.15, 0.2) is 28.8 Å². The zero-order valence-electron chi connectivity index (χ0n) is 7.91. The van der Waals surface area contributed by atoms with Crippen molar-refractivity contribution in [2.75, 3.05) is 13.2 Å². The molecule has 0 unspecified atom stereocenters. The molecule has 0 atom stereocenters. The van der Waals surface area contributed by atoms with E-state index in [1.807, 2.05) is 19.9 Å². The Bertz CT molecular complexity index is 283. The van der Waals surface area contributed by atoms with Gasteiger partial charge in [-0.05, 0) is 26.0 Å². The van der Waals surface area contributed by atoms with Gasteiger partial charge in [0.1, 0.15) is 12.3 Å². The van der Waals surface area contributed by atoms with Crippen LogP contribution < -0.4 is 0 Å². The first kappa shape index (κ1) is 9.71. The molecule has 0 N–H and O–H groups in total. The Labute approximate surface area is 77.8 Å². The van der Waals surface area contributed by atoms with E-state index in [1.165, 1.54) is 0 Å². The lowest BCUT2D eigenvalue weighted by Crippen LogP contribution is -2.17. The zero-order valence-corrected chi connectivity index (χ0v) is 7.91. The number of hydrogen-bond donors (Lipinski definition) is 0. The first-order valence-corrected chi connectivity index (χ1v) is 4.21. The number of carbonyl (C=O) groups is 1. The second-order valence-electron chi connectivity index (χ2n) is 3.02. The molecule has 0 amide bonds. The summed E-state index contributed by atoms with van der Waals surface area (Å²) in [6, 6.07) is 0. The molecular formula is C10H13NO2. The van der Waals surface area contributed by atoms with Gasteiger partial charge in [0.25, 0.3) is 0 Å². The van der Waals surface area contributed by atoms with Gasteiger partial charge >= 0.3 is 5.97 Å². The van der Waals surface area contributed by atoms with Gasteiger partial charge in [0.2, 0.25) is 0 Å². The molecule has 1 aliphatic rings. The number of rotatable bonds is 1. The van der Waals surface area contributed by atoms with E-state index in [4.69, 9.17) is 4.74 Å². The minimum absolute atomic E-state index is 0.342. The fourth-order valence-electron chi connectivity index (χ4n) is 0.934. The highest BCUT2D eigenvalue weighted by Crippen LogP contribution is 1.97. The van der Waals surface area contributed by atoms with Crippen molar-refractivity contribution in [3.05, 3.63) is 23.8 Å². The largest absolute Gasteiger partial charge is 0.457 e. The van der Waals surface area contributed by atoms with Gasteiger partial charge in [-0.15, -0.1) is 0 Å². The standard InChI is InChI=1S/C10H13NO2/c1-8(2)7-9-10(12)13-6-4-3-5-11-9/h3-4,7H,5-6H2,1-2H3/b4-3-,11-9?. The van der Waals surface area contributed by atoms with Crippen molar-refractivity contribution in [1.29, 1.82) is 0 Å². The van der Waals surface area contributed by atoms with Crippen LogP contribution in [0.4, 0.5) is 0 Å². The van der Waals surface area contributed by atoms with Crippen LogP contribution in [0.5, 0.6) is 0 Å². The average molecular weight is 179 g/mol. The maximum absolute atomic E-state index is 11.3. The Morgan fingerprint density at radius 2 is 2.31 bits per heavy atom. The van der Waals surface area contributed by atoms with E-state index in [2.05, 4.69) is 4.99 Å². The number of ether oxygens (including phenoxy) is 1. The highest BCUT2D eigenvalue weighted by molar-refractivity contribution is 6.41. The number of aliphatic imine (C=N–C) groups is 1. The molecule has 0 saturated heterocycles. The Morgan fingerprint density at radius 3 is 3.00 bits per heavy atom. The smallest absolute Gasteiger partial charge is 0.356 e. The number of esters is 1. The highest BCUT2D eigenvalue weighted by atomic mass is 16.5. The van der Waals surface area contributed by atoms with Gasteiger partial charge < -0.3 is 4.74 Å². The minimum Gasteiger partial charge on any atom is -0.457 e. The van der Waals surface area contributed by atoms with Crippen molar-refractivity contribution < 1.29 is 9.53 Å². The second-order valence-corrected chi connectivity index (χ2v) is 3.02. The molecule has 13 heavy (non-hydrogen) atoms. The topological polar surface area (TPSA) is 38.7 Å². The lowest BCUT2D eigenvalue weighted by molar-refractivity contribution is -0.134. The van der Waals surface area contributed by atoms with Crippen LogP contribution in [0.25, 0.3) is 0 Å². The fraction of sp³-hybridized carbons (Fsp3) is 0.400. The number of carbonyl (C=O) groups excluding carboxylic acids is 1. The molecule has 70 valence electrons. The SMILES string of the molecule is CC(C)=CC1=NC/C=C\COC1=O. The predicted octanol–water partition coefficient (Wildman–Crippen LogP) is 1.51. The van der Waals surface area contributed by atoms with E-state index in [-0.39, 0.29) is 5.97 Å². The molecule has 0 spiro atoms. The van der Waals surface area contributed by atoms with Crippen LogP contribution >= 0.6 is 0 Å². The maximum atomic E-state index is 11.3. The summed E-state index contributed by atoms with van der Waals surface area (Å²) in [6.45, 7) is 4.73. The number of nitrogens with zero attached hydrogens (tertiary/aromatic N) is 1. The quantitative estimate of drug-likeness (QED) is 0.452. The number of cyclic esters (lactones) is 1. The number of hydrogen-bond acceptors (Lipinski definition) is 3. The van der Waals surface area contributed by atoms with Gasteiger partial charge in [0.15, 0.2) is 0 Å². The monoisotopic (exact) mass is 179 g/mol. The third kappa shape index (κ3) is 3.23. The Hall–Kier alpha value is -1.38. The van der Waals surface area contributed by atoms with Gasteiger partial charge in [0, 0.05) is 0 Å². The molecule has 0 aliphatic carbocycles. The second kappa shape index (κ2) is 4.60. The van der Waals surface area contributed by atoms with Crippen LogP contribution in [0.3, 0.4) is 0 Å². The molecular weight excluding hydrogens is 166 g/mol. The summed E-state index contributed by atoms with van der Waals surface area (Å²) >= 11 is 0. The molecule has 3 heteroatoms. The van der Waals surface area contributed by atoms with E-state index in [0.29, 0.717) is 18.9 Å². The highest BCUT2D eigenvalue weighted by Gasteiger charge is 2.09. The lowest BCUT2D eigenvalue weighted by Gasteiger charge is -2.04. The van der Waals surface area contributed by atoms with Gasteiger partial charge in [-0.1, -0.05) is 11.6 Å². The van der Waals surface area contributed by atoms with Gasteiger partial charge in [-0.3, -0.25) is 4.99 Å². The van der Waals surface area contributed by atoms with Crippen LogP contribution in [0.2, 0.25) is 0 Å². The molecule has 0 aromatic carbocycles. The summed E-state index contributed by atoms with van der Waals surface area (Å²) in [7, 11) is 0. The fourth-order valence-corrected chi connectivity index (χ4v) is 0.934. The minimum atomic E-state index is -0.342. The molecule has 3 nitrogen and oxygen atoms in total. The lowest BCUT2D eigenvalue weighted by atomic mass is 10.2. The summed E-state index contributed by atoms with van der Waals surface area (Å²) in [5.74, 6) is -0.342. The molecule has 0 radical (unpaired) electrons. The molecule has 0 bridgehead atoms. The molecule has 1 rings (SSSR count). The molecule has 0 saturated carbocycles. The van der Waals surface area contributed by atoms with Gasteiger partial charge in [-0.2, -0.15) is 0 Å². The predicted molar refractivity (Wildman–Crippen MR) is 51.8 cm³/mol. The first-order valence-electron chi connectivity index (χ1n) is 4.21. The third-order valence-corrected chi connectivity index (χ3v) is 1.48. The summed E-state index contributed by atoms with van der Waals surface area (Å²) in [5, 5.41) is 0. The molecule has 1 aliphatic heterocycles. The Balaban J connectivity index is 2.82.